The Morgan fingerprint density at radius 3 is 2.44 bits per heavy atom. The molecule has 0 atom stereocenters. The van der Waals surface area contributed by atoms with Crippen LogP contribution < -0.4 is 5.32 Å². The van der Waals surface area contributed by atoms with Crippen LogP contribution in [0.3, 0.4) is 0 Å². The second-order valence-electron chi connectivity index (χ2n) is 7.65. The van der Waals surface area contributed by atoms with Crippen LogP contribution in [0.1, 0.15) is 31.2 Å². The molecule has 1 aromatic carbocycles. The Labute approximate surface area is 158 Å². The van der Waals surface area contributed by atoms with E-state index in [0.29, 0.717) is 32.5 Å². The summed E-state index contributed by atoms with van der Waals surface area (Å²) in [4.78, 5) is 28.4. The van der Waals surface area contributed by atoms with E-state index in [4.69, 9.17) is 0 Å². The number of piperidine rings is 2. The van der Waals surface area contributed by atoms with E-state index in [1.165, 1.54) is 0 Å². The van der Waals surface area contributed by atoms with Crippen molar-refractivity contribution in [1.29, 1.82) is 0 Å². The first-order valence-corrected chi connectivity index (χ1v) is 9.58. The van der Waals surface area contributed by atoms with Crippen molar-refractivity contribution in [2.24, 2.45) is 5.92 Å². The molecule has 1 N–H and O–H groups in total. The SMILES string of the molecule is Cc1cccc(NC(=O)CN2CCC(C(=O)N3CCC(F)(F)CC3)CC2)c1. The Bertz CT molecular complexity index is 678. The van der Waals surface area contributed by atoms with Gasteiger partial charge in [-0.15, -0.1) is 0 Å². The fraction of sp³-hybridized carbons (Fsp3) is 0.600. The first kappa shape index (κ1) is 19.7. The van der Waals surface area contributed by atoms with E-state index < -0.39 is 5.92 Å². The first-order chi connectivity index (χ1) is 12.8. The molecule has 0 saturated carbocycles. The number of halogens is 2. The second kappa shape index (κ2) is 8.33. The van der Waals surface area contributed by atoms with Gasteiger partial charge in [0, 0.05) is 37.5 Å². The molecule has 5 nitrogen and oxygen atoms in total. The van der Waals surface area contributed by atoms with Crippen molar-refractivity contribution in [1.82, 2.24) is 9.80 Å². The van der Waals surface area contributed by atoms with Crippen molar-refractivity contribution in [3.63, 3.8) is 0 Å². The van der Waals surface area contributed by atoms with E-state index in [9.17, 15) is 18.4 Å². The lowest BCUT2D eigenvalue weighted by molar-refractivity contribution is -0.143. The lowest BCUT2D eigenvalue weighted by atomic mass is 9.94. The van der Waals surface area contributed by atoms with E-state index in [1.807, 2.05) is 36.1 Å². The lowest BCUT2D eigenvalue weighted by Gasteiger charge is -2.37. The number of benzene rings is 1. The Morgan fingerprint density at radius 2 is 1.81 bits per heavy atom. The van der Waals surface area contributed by atoms with Crippen LogP contribution in [0.2, 0.25) is 0 Å². The zero-order valence-corrected chi connectivity index (χ0v) is 15.7. The normalized spacial score (nSPS) is 21.1. The molecule has 2 aliphatic rings. The summed E-state index contributed by atoms with van der Waals surface area (Å²) in [6, 6.07) is 7.66. The van der Waals surface area contributed by atoms with Crippen LogP contribution in [0, 0.1) is 12.8 Å². The fourth-order valence-electron chi connectivity index (χ4n) is 3.78. The summed E-state index contributed by atoms with van der Waals surface area (Å²) in [5.41, 5.74) is 1.87. The van der Waals surface area contributed by atoms with Gasteiger partial charge in [-0.25, -0.2) is 8.78 Å². The third kappa shape index (κ3) is 5.48. The molecule has 0 unspecified atom stereocenters. The zero-order chi connectivity index (χ0) is 19.4. The molecule has 0 aliphatic carbocycles. The van der Waals surface area contributed by atoms with E-state index in [0.717, 1.165) is 11.3 Å². The minimum atomic E-state index is -2.63. The minimum Gasteiger partial charge on any atom is -0.342 e. The molecular formula is C20H27F2N3O2. The summed E-state index contributed by atoms with van der Waals surface area (Å²) >= 11 is 0. The number of nitrogens with zero attached hydrogens (tertiary/aromatic N) is 2. The quantitative estimate of drug-likeness (QED) is 0.875. The van der Waals surface area contributed by atoms with Gasteiger partial charge in [0.15, 0.2) is 0 Å². The Kier molecular flexibility index (Phi) is 6.09. The Balaban J connectivity index is 1.42. The molecule has 0 bridgehead atoms. The van der Waals surface area contributed by atoms with Gasteiger partial charge in [0.1, 0.15) is 0 Å². The fourth-order valence-corrected chi connectivity index (χ4v) is 3.78. The van der Waals surface area contributed by atoms with Gasteiger partial charge < -0.3 is 10.2 Å². The number of alkyl halides is 2. The molecule has 0 radical (unpaired) electrons. The molecule has 1 aromatic rings. The van der Waals surface area contributed by atoms with Crippen molar-refractivity contribution >= 4 is 17.5 Å². The molecule has 2 fully saturated rings. The average molecular weight is 379 g/mol. The van der Waals surface area contributed by atoms with Gasteiger partial charge in [0.05, 0.1) is 6.54 Å². The van der Waals surface area contributed by atoms with Crippen LogP contribution in [0.4, 0.5) is 14.5 Å². The Morgan fingerprint density at radius 1 is 1.15 bits per heavy atom. The maximum atomic E-state index is 13.3. The van der Waals surface area contributed by atoms with Crippen LogP contribution in [-0.4, -0.2) is 60.3 Å². The van der Waals surface area contributed by atoms with E-state index in [2.05, 4.69) is 5.32 Å². The summed E-state index contributed by atoms with van der Waals surface area (Å²) in [7, 11) is 0. The highest BCUT2D eigenvalue weighted by Crippen LogP contribution is 2.29. The topological polar surface area (TPSA) is 52.7 Å². The molecule has 27 heavy (non-hydrogen) atoms. The monoisotopic (exact) mass is 379 g/mol. The summed E-state index contributed by atoms with van der Waals surface area (Å²) in [6.07, 6.45) is 0.861. The highest BCUT2D eigenvalue weighted by Gasteiger charge is 2.37. The number of carbonyl (C=O) groups excluding carboxylic acids is 2. The predicted molar refractivity (Wildman–Crippen MR) is 99.7 cm³/mol. The number of likely N-dealkylation sites (tertiary alicyclic amines) is 2. The molecule has 0 spiro atoms. The molecule has 2 amide bonds. The second-order valence-corrected chi connectivity index (χ2v) is 7.65. The highest BCUT2D eigenvalue weighted by atomic mass is 19.3. The van der Waals surface area contributed by atoms with Crippen molar-refractivity contribution < 1.29 is 18.4 Å². The Hall–Kier alpha value is -2.02. The standard InChI is InChI=1S/C20H27F2N3O2/c1-15-3-2-4-17(13-15)23-18(26)14-24-9-5-16(6-10-24)19(27)25-11-7-20(21,22)8-12-25/h2-4,13,16H,5-12,14H2,1H3,(H,23,26). The van der Waals surface area contributed by atoms with Gasteiger partial charge in [0.25, 0.3) is 5.92 Å². The molecule has 0 aromatic heterocycles. The van der Waals surface area contributed by atoms with E-state index in [-0.39, 0.29) is 43.7 Å². The number of hydrogen-bond donors (Lipinski definition) is 1. The number of nitrogens with one attached hydrogen (secondary N) is 1. The number of amides is 2. The van der Waals surface area contributed by atoms with Gasteiger partial charge in [-0.1, -0.05) is 12.1 Å². The zero-order valence-electron chi connectivity index (χ0n) is 15.7. The minimum absolute atomic E-state index is 0.00522. The van der Waals surface area contributed by atoms with Crippen LogP contribution in [0.25, 0.3) is 0 Å². The number of aryl methyl sites for hydroxylation is 1. The van der Waals surface area contributed by atoms with Crippen LogP contribution >= 0.6 is 0 Å². The summed E-state index contributed by atoms with van der Waals surface area (Å²) < 4.78 is 26.5. The van der Waals surface area contributed by atoms with Crippen molar-refractivity contribution in [3.05, 3.63) is 29.8 Å². The molecule has 2 saturated heterocycles. The molecule has 7 heteroatoms. The van der Waals surface area contributed by atoms with Gasteiger partial charge in [-0.05, 0) is 50.6 Å². The van der Waals surface area contributed by atoms with Gasteiger partial charge >= 0.3 is 0 Å². The average Bonchev–Trinajstić information content (AvgIpc) is 2.62. The third-order valence-corrected chi connectivity index (χ3v) is 5.41. The number of rotatable bonds is 4. The van der Waals surface area contributed by atoms with Crippen molar-refractivity contribution in [3.8, 4) is 0 Å². The molecule has 148 valence electrons. The van der Waals surface area contributed by atoms with Crippen LogP contribution in [0.15, 0.2) is 24.3 Å². The number of anilines is 1. The summed E-state index contributed by atoms with van der Waals surface area (Å²) in [5, 5.41) is 2.90. The molecule has 3 rings (SSSR count). The van der Waals surface area contributed by atoms with E-state index >= 15 is 0 Å². The summed E-state index contributed by atoms with van der Waals surface area (Å²) in [5.74, 6) is -2.82. The first-order valence-electron chi connectivity index (χ1n) is 9.58. The maximum Gasteiger partial charge on any atom is 0.251 e. The largest absolute Gasteiger partial charge is 0.342 e. The van der Waals surface area contributed by atoms with Gasteiger partial charge in [-0.2, -0.15) is 0 Å². The maximum absolute atomic E-state index is 13.3. The predicted octanol–water partition coefficient (Wildman–Crippen LogP) is 2.90. The number of hydrogen-bond acceptors (Lipinski definition) is 3. The lowest BCUT2D eigenvalue weighted by Crippen LogP contribution is -2.48. The smallest absolute Gasteiger partial charge is 0.251 e. The number of carbonyl (C=O) groups is 2. The van der Waals surface area contributed by atoms with Crippen LogP contribution in [0.5, 0.6) is 0 Å². The van der Waals surface area contributed by atoms with E-state index in [1.54, 1.807) is 4.90 Å². The third-order valence-electron chi connectivity index (χ3n) is 5.41. The summed E-state index contributed by atoms with van der Waals surface area (Å²) in [6.45, 7) is 3.89. The molecule has 2 aliphatic heterocycles. The van der Waals surface area contributed by atoms with Gasteiger partial charge in [-0.3, -0.25) is 14.5 Å². The molecule has 2 heterocycles. The molecular weight excluding hydrogens is 352 g/mol. The van der Waals surface area contributed by atoms with Crippen molar-refractivity contribution in [2.45, 2.75) is 38.5 Å². The van der Waals surface area contributed by atoms with Crippen LogP contribution in [-0.2, 0) is 9.59 Å². The highest BCUT2D eigenvalue weighted by molar-refractivity contribution is 5.92. The van der Waals surface area contributed by atoms with Crippen molar-refractivity contribution in [2.75, 3.05) is 38.0 Å². The van der Waals surface area contributed by atoms with Gasteiger partial charge in [0.2, 0.25) is 11.8 Å².